The smallest absolute Gasteiger partial charge is 0.264 e. The molecule has 1 saturated heterocycles. The standard InChI is InChI=1S/C24H24N8O4/c33-20-7-6-17(22(34)30-20)32-23(35)15-4-3-5-16(21(15)24(32)36)26-8-1-2-9-27-18-12-19(29-13-28-18)31-11-10-25-14-31/h3-5,10-14,17,26H,1-2,6-9H2,(H,27,28,29)(H,30,33,34). The number of hydrogen-bond acceptors (Lipinski definition) is 9. The van der Waals surface area contributed by atoms with Gasteiger partial charge in [-0.15, -0.1) is 0 Å². The van der Waals surface area contributed by atoms with Gasteiger partial charge < -0.3 is 10.6 Å². The van der Waals surface area contributed by atoms with E-state index in [0.717, 1.165) is 23.6 Å². The van der Waals surface area contributed by atoms with Crippen LogP contribution in [-0.4, -0.2) is 67.2 Å². The van der Waals surface area contributed by atoms with E-state index in [1.807, 2.05) is 6.07 Å². The number of benzene rings is 1. The first-order valence-corrected chi connectivity index (χ1v) is 11.7. The van der Waals surface area contributed by atoms with Gasteiger partial charge in [-0.25, -0.2) is 15.0 Å². The molecule has 4 heterocycles. The van der Waals surface area contributed by atoms with Crippen molar-refractivity contribution in [3.63, 3.8) is 0 Å². The molecule has 3 aromatic rings. The van der Waals surface area contributed by atoms with E-state index in [-0.39, 0.29) is 24.0 Å². The van der Waals surface area contributed by atoms with Crippen LogP contribution in [0.3, 0.4) is 0 Å². The summed E-state index contributed by atoms with van der Waals surface area (Å²) in [7, 11) is 0. The first-order chi connectivity index (χ1) is 17.5. The van der Waals surface area contributed by atoms with Gasteiger partial charge in [0.05, 0.1) is 11.1 Å². The van der Waals surface area contributed by atoms with E-state index in [0.29, 0.717) is 24.6 Å². The van der Waals surface area contributed by atoms with Crippen LogP contribution in [0.1, 0.15) is 46.4 Å². The van der Waals surface area contributed by atoms with Crippen molar-refractivity contribution in [2.24, 2.45) is 0 Å². The number of carbonyl (C=O) groups excluding carboxylic acids is 4. The lowest BCUT2D eigenvalue weighted by atomic mass is 10.0. The number of nitrogens with one attached hydrogen (secondary N) is 3. The molecule has 12 nitrogen and oxygen atoms in total. The molecular weight excluding hydrogens is 464 g/mol. The lowest BCUT2D eigenvalue weighted by Crippen LogP contribution is -2.54. The zero-order chi connectivity index (χ0) is 25.1. The second kappa shape index (κ2) is 9.94. The third-order valence-electron chi connectivity index (χ3n) is 6.11. The number of imidazole rings is 1. The number of fused-ring (bicyclic) bond motifs is 1. The SMILES string of the molecule is O=C1CCC(N2C(=O)c3cccc(NCCCCNc4cc(-n5ccnc5)ncn4)c3C2=O)C(=O)N1. The molecule has 3 N–H and O–H groups in total. The highest BCUT2D eigenvalue weighted by atomic mass is 16.2. The van der Waals surface area contributed by atoms with E-state index in [1.165, 1.54) is 6.33 Å². The molecule has 12 heteroatoms. The van der Waals surface area contributed by atoms with Gasteiger partial charge in [0.1, 0.15) is 30.3 Å². The van der Waals surface area contributed by atoms with Gasteiger partial charge in [0.25, 0.3) is 11.8 Å². The van der Waals surface area contributed by atoms with Crippen LogP contribution in [0.15, 0.2) is 49.3 Å². The number of hydrogen-bond donors (Lipinski definition) is 3. The highest BCUT2D eigenvalue weighted by Crippen LogP contribution is 2.32. The van der Waals surface area contributed by atoms with Gasteiger partial charge in [-0.3, -0.25) is 34.0 Å². The van der Waals surface area contributed by atoms with Crippen LogP contribution in [0.5, 0.6) is 0 Å². The molecule has 2 aliphatic rings. The van der Waals surface area contributed by atoms with Crippen molar-refractivity contribution in [3.05, 3.63) is 60.4 Å². The average molecular weight is 489 g/mol. The van der Waals surface area contributed by atoms with E-state index in [4.69, 9.17) is 0 Å². The van der Waals surface area contributed by atoms with Gasteiger partial charge in [-0.05, 0) is 31.4 Å². The van der Waals surface area contributed by atoms with E-state index in [2.05, 4.69) is 30.9 Å². The van der Waals surface area contributed by atoms with Crippen molar-refractivity contribution in [3.8, 4) is 5.82 Å². The molecule has 0 spiro atoms. The van der Waals surface area contributed by atoms with Gasteiger partial charge in [-0.1, -0.05) is 6.07 Å². The summed E-state index contributed by atoms with van der Waals surface area (Å²) in [5, 5.41) is 8.72. The predicted molar refractivity (Wildman–Crippen MR) is 128 cm³/mol. The highest BCUT2D eigenvalue weighted by molar-refractivity contribution is 6.25. The zero-order valence-corrected chi connectivity index (χ0v) is 19.3. The molecule has 0 radical (unpaired) electrons. The molecule has 0 aliphatic carbocycles. The Morgan fingerprint density at radius 3 is 2.64 bits per heavy atom. The summed E-state index contributed by atoms with van der Waals surface area (Å²) in [5.41, 5.74) is 1.07. The van der Waals surface area contributed by atoms with Gasteiger partial charge in [0, 0.05) is 43.7 Å². The van der Waals surface area contributed by atoms with E-state index >= 15 is 0 Å². The number of nitrogens with zero attached hydrogens (tertiary/aromatic N) is 5. The van der Waals surface area contributed by atoms with E-state index in [9.17, 15) is 19.2 Å². The summed E-state index contributed by atoms with van der Waals surface area (Å²) in [6.07, 6.45) is 8.49. The number of rotatable bonds is 9. The van der Waals surface area contributed by atoms with Gasteiger partial charge in [-0.2, -0.15) is 0 Å². The minimum Gasteiger partial charge on any atom is -0.384 e. The van der Waals surface area contributed by atoms with Crippen molar-refractivity contribution >= 4 is 35.1 Å². The Bertz CT molecular complexity index is 1320. The molecule has 1 aromatic carbocycles. The number of carbonyl (C=O) groups is 4. The Morgan fingerprint density at radius 1 is 1.03 bits per heavy atom. The fourth-order valence-electron chi connectivity index (χ4n) is 4.33. The summed E-state index contributed by atoms with van der Waals surface area (Å²) in [6.45, 7) is 1.28. The molecule has 1 atom stereocenters. The number of piperidine rings is 1. The second-order valence-corrected chi connectivity index (χ2v) is 8.47. The summed E-state index contributed by atoms with van der Waals surface area (Å²) in [4.78, 5) is 63.2. The summed E-state index contributed by atoms with van der Waals surface area (Å²) in [6, 6.07) is 5.88. The van der Waals surface area contributed by atoms with Crippen LogP contribution in [0.25, 0.3) is 5.82 Å². The Kier molecular flexibility index (Phi) is 6.39. The van der Waals surface area contributed by atoms with Crippen LogP contribution >= 0.6 is 0 Å². The molecular formula is C24H24N8O4. The molecule has 184 valence electrons. The third kappa shape index (κ3) is 4.52. The minimum atomic E-state index is -0.981. The van der Waals surface area contributed by atoms with Gasteiger partial charge >= 0.3 is 0 Å². The average Bonchev–Trinajstić information content (AvgIpc) is 3.50. The fourth-order valence-corrected chi connectivity index (χ4v) is 4.33. The first kappa shape index (κ1) is 23.1. The topological polar surface area (TPSA) is 151 Å². The molecule has 1 fully saturated rings. The number of aromatic nitrogens is 4. The molecule has 2 aliphatic heterocycles. The van der Waals surface area contributed by atoms with Crippen LogP contribution in [-0.2, 0) is 9.59 Å². The Hall–Kier alpha value is -4.61. The Balaban J connectivity index is 1.15. The van der Waals surface area contributed by atoms with Crippen LogP contribution < -0.4 is 16.0 Å². The Labute approximate surface area is 206 Å². The fraction of sp³-hybridized carbons (Fsp3) is 0.292. The molecule has 0 saturated carbocycles. The van der Waals surface area contributed by atoms with Gasteiger partial charge in [0.15, 0.2) is 0 Å². The van der Waals surface area contributed by atoms with E-state index < -0.39 is 29.7 Å². The number of anilines is 2. The quantitative estimate of drug-likeness (QED) is 0.300. The number of amides is 4. The van der Waals surface area contributed by atoms with Crippen molar-refractivity contribution < 1.29 is 19.2 Å². The maximum absolute atomic E-state index is 13.1. The van der Waals surface area contributed by atoms with Crippen molar-refractivity contribution in [1.29, 1.82) is 0 Å². The van der Waals surface area contributed by atoms with Crippen LogP contribution in [0.4, 0.5) is 11.5 Å². The maximum atomic E-state index is 13.1. The summed E-state index contributed by atoms with van der Waals surface area (Å²) < 4.78 is 1.79. The monoisotopic (exact) mass is 488 g/mol. The second-order valence-electron chi connectivity index (χ2n) is 8.47. The summed E-state index contributed by atoms with van der Waals surface area (Å²) >= 11 is 0. The van der Waals surface area contributed by atoms with Crippen molar-refractivity contribution in [2.45, 2.75) is 31.7 Å². The molecule has 4 amide bonds. The van der Waals surface area contributed by atoms with Crippen LogP contribution in [0.2, 0.25) is 0 Å². The molecule has 0 bridgehead atoms. The predicted octanol–water partition coefficient (Wildman–Crippen LogP) is 1.37. The molecule has 36 heavy (non-hydrogen) atoms. The lowest BCUT2D eigenvalue weighted by Gasteiger charge is -2.27. The third-order valence-corrected chi connectivity index (χ3v) is 6.11. The molecule has 2 aromatic heterocycles. The number of unbranched alkanes of at least 4 members (excludes halogenated alkanes) is 1. The lowest BCUT2D eigenvalue weighted by molar-refractivity contribution is -0.136. The molecule has 1 unspecified atom stereocenters. The van der Waals surface area contributed by atoms with Gasteiger partial charge in [0.2, 0.25) is 11.8 Å². The highest BCUT2D eigenvalue weighted by Gasteiger charge is 2.45. The van der Waals surface area contributed by atoms with Crippen molar-refractivity contribution in [2.75, 3.05) is 23.7 Å². The van der Waals surface area contributed by atoms with Crippen LogP contribution in [0, 0.1) is 0 Å². The maximum Gasteiger partial charge on any atom is 0.264 e. The number of imide groups is 2. The first-order valence-electron chi connectivity index (χ1n) is 11.7. The van der Waals surface area contributed by atoms with Crippen molar-refractivity contribution in [1.82, 2.24) is 29.7 Å². The minimum absolute atomic E-state index is 0.0862. The Morgan fingerprint density at radius 2 is 1.86 bits per heavy atom. The normalized spacial score (nSPS) is 17.2. The van der Waals surface area contributed by atoms with E-state index in [1.54, 1.807) is 41.5 Å². The zero-order valence-electron chi connectivity index (χ0n) is 19.3. The summed E-state index contributed by atoms with van der Waals surface area (Å²) in [5.74, 6) is -0.633. The largest absolute Gasteiger partial charge is 0.384 e. The molecule has 5 rings (SSSR count).